The van der Waals surface area contributed by atoms with Gasteiger partial charge in [-0.05, 0) is 43.6 Å². The Kier molecular flexibility index (Phi) is 7.18. The van der Waals surface area contributed by atoms with Crippen LogP contribution in [0.5, 0.6) is 11.6 Å². The minimum atomic E-state index is 0.426. The first-order valence-electron chi connectivity index (χ1n) is 9.15. The van der Waals surface area contributed by atoms with Crippen LogP contribution in [0.25, 0.3) is 0 Å². The Morgan fingerprint density at radius 1 is 1.19 bits per heavy atom. The maximum atomic E-state index is 5.92. The summed E-state index contributed by atoms with van der Waals surface area (Å²) in [5.74, 6) is 2.49. The van der Waals surface area contributed by atoms with E-state index in [1.165, 1.54) is 12.8 Å². The molecule has 2 heterocycles. The Hall–Kier alpha value is -2.45. The number of hydrogen-bond acceptors (Lipinski definition) is 6. The Morgan fingerprint density at radius 3 is 2.70 bits per heavy atom. The van der Waals surface area contributed by atoms with E-state index in [-0.39, 0.29) is 0 Å². The number of aromatic nitrogens is 2. The number of para-hydroxylation sites is 1. The second kappa shape index (κ2) is 10.0. The van der Waals surface area contributed by atoms with E-state index in [2.05, 4.69) is 25.5 Å². The van der Waals surface area contributed by atoms with Gasteiger partial charge < -0.3 is 25.0 Å². The number of benzene rings is 1. The van der Waals surface area contributed by atoms with E-state index in [0.717, 1.165) is 37.6 Å². The van der Waals surface area contributed by atoms with Gasteiger partial charge in [0.15, 0.2) is 5.11 Å². The van der Waals surface area contributed by atoms with Crippen LogP contribution in [0.2, 0.25) is 0 Å². The summed E-state index contributed by atoms with van der Waals surface area (Å²) >= 11 is 5.34. The van der Waals surface area contributed by atoms with Crippen LogP contribution < -0.4 is 20.3 Å². The molecule has 8 heteroatoms. The summed E-state index contributed by atoms with van der Waals surface area (Å²) in [5.41, 5.74) is 0. The topological polar surface area (TPSA) is 71.5 Å². The third-order valence-electron chi connectivity index (χ3n) is 4.12. The molecular formula is C19H25N5O2S. The van der Waals surface area contributed by atoms with Crippen molar-refractivity contribution in [3.63, 3.8) is 0 Å². The van der Waals surface area contributed by atoms with Crippen molar-refractivity contribution in [3.8, 4) is 11.6 Å². The molecule has 0 amide bonds. The quantitative estimate of drug-likeness (QED) is 0.529. The molecule has 144 valence electrons. The van der Waals surface area contributed by atoms with Crippen LogP contribution in [0.15, 0.2) is 36.4 Å². The lowest BCUT2D eigenvalue weighted by Crippen LogP contribution is -2.31. The molecule has 1 fully saturated rings. The largest absolute Gasteiger partial charge is 0.439 e. The van der Waals surface area contributed by atoms with Crippen LogP contribution in [0.1, 0.15) is 19.3 Å². The van der Waals surface area contributed by atoms with Gasteiger partial charge in [0.05, 0.1) is 0 Å². The van der Waals surface area contributed by atoms with Gasteiger partial charge in [0.2, 0.25) is 11.8 Å². The standard InChI is InChI=1S/C19H25N5O2S/c1-25-13-7-10-20-19(27)23-18-21-16(24-11-5-6-12-24)14-17(22-18)26-15-8-3-2-4-9-15/h2-4,8-9,14H,5-7,10-13H2,1H3,(H2,20,21,22,23,27). The molecular weight excluding hydrogens is 362 g/mol. The minimum absolute atomic E-state index is 0.426. The Morgan fingerprint density at radius 2 is 1.96 bits per heavy atom. The van der Waals surface area contributed by atoms with E-state index >= 15 is 0 Å². The van der Waals surface area contributed by atoms with E-state index < -0.39 is 0 Å². The average Bonchev–Trinajstić information content (AvgIpc) is 3.21. The molecule has 2 N–H and O–H groups in total. The lowest BCUT2D eigenvalue weighted by molar-refractivity contribution is 0.196. The number of thiocarbonyl (C=S) groups is 1. The molecule has 0 atom stereocenters. The summed E-state index contributed by atoms with van der Waals surface area (Å²) in [6.07, 6.45) is 3.21. The molecule has 3 rings (SSSR count). The molecule has 1 aliphatic rings. The first-order chi connectivity index (χ1) is 13.2. The number of nitrogens with zero attached hydrogens (tertiary/aromatic N) is 3. The predicted octanol–water partition coefficient (Wildman–Crippen LogP) is 3.19. The first kappa shape index (κ1) is 19.3. The molecule has 0 spiro atoms. The van der Waals surface area contributed by atoms with Crippen molar-refractivity contribution in [2.24, 2.45) is 0 Å². The highest BCUT2D eigenvalue weighted by molar-refractivity contribution is 7.80. The van der Waals surface area contributed by atoms with E-state index in [1.807, 2.05) is 36.4 Å². The van der Waals surface area contributed by atoms with Crippen LogP contribution in [-0.2, 0) is 4.74 Å². The summed E-state index contributed by atoms with van der Waals surface area (Å²) in [6, 6.07) is 11.5. The van der Waals surface area contributed by atoms with Crippen LogP contribution in [0.3, 0.4) is 0 Å². The zero-order chi connectivity index (χ0) is 18.9. The van der Waals surface area contributed by atoms with Crippen molar-refractivity contribution in [1.82, 2.24) is 15.3 Å². The molecule has 2 aromatic rings. The molecule has 7 nitrogen and oxygen atoms in total. The Labute approximate surface area is 165 Å². The van der Waals surface area contributed by atoms with Gasteiger partial charge in [0.25, 0.3) is 0 Å². The van der Waals surface area contributed by atoms with Crippen molar-refractivity contribution in [2.45, 2.75) is 19.3 Å². The number of hydrogen-bond donors (Lipinski definition) is 2. The third kappa shape index (κ3) is 6.04. The van der Waals surface area contributed by atoms with Gasteiger partial charge in [-0.15, -0.1) is 0 Å². The van der Waals surface area contributed by atoms with Crippen LogP contribution in [0.4, 0.5) is 11.8 Å². The maximum Gasteiger partial charge on any atom is 0.234 e. The smallest absolute Gasteiger partial charge is 0.234 e. The van der Waals surface area contributed by atoms with Gasteiger partial charge in [-0.25, -0.2) is 0 Å². The summed E-state index contributed by atoms with van der Waals surface area (Å²) in [6.45, 7) is 3.38. The van der Waals surface area contributed by atoms with Crippen molar-refractivity contribution in [1.29, 1.82) is 0 Å². The molecule has 27 heavy (non-hydrogen) atoms. The van der Waals surface area contributed by atoms with Gasteiger partial charge in [0.1, 0.15) is 11.6 Å². The summed E-state index contributed by atoms with van der Waals surface area (Å²) in [7, 11) is 1.68. The molecule has 1 saturated heterocycles. The molecule has 1 aromatic heterocycles. The summed E-state index contributed by atoms with van der Waals surface area (Å²) in [5, 5.41) is 6.67. The van der Waals surface area contributed by atoms with Crippen LogP contribution in [0, 0.1) is 0 Å². The SMILES string of the molecule is COCCCNC(=S)Nc1nc(Oc2ccccc2)cc(N2CCCC2)n1. The number of ether oxygens (including phenoxy) is 2. The number of nitrogens with one attached hydrogen (secondary N) is 2. The van der Waals surface area contributed by atoms with Crippen molar-refractivity contribution in [3.05, 3.63) is 36.4 Å². The predicted molar refractivity (Wildman–Crippen MR) is 111 cm³/mol. The molecule has 0 bridgehead atoms. The average molecular weight is 388 g/mol. The van der Waals surface area contributed by atoms with Gasteiger partial charge in [-0.2, -0.15) is 9.97 Å². The normalized spacial score (nSPS) is 13.4. The fraction of sp³-hybridized carbons (Fsp3) is 0.421. The van der Waals surface area contributed by atoms with E-state index in [9.17, 15) is 0 Å². The molecule has 0 radical (unpaired) electrons. The minimum Gasteiger partial charge on any atom is -0.439 e. The highest BCUT2D eigenvalue weighted by atomic mass is 32.1. The second-order valence-electron chi connectivity index (χ2n) is 6.22. The molecule has 0 aliphatic carbocycles. The van der Waals surface area contributed by atoms with Gasteiger partial charge in [0, 0.05) is 39.4 Å². The first-order valence-corrected chi connectivity index (χ1v) is 9.56. The fourth-order valence-electron chi connectivity index (χ4n) is 2.80. The zero-order valence-electron chi connectivity index (χ0n) is 15.5. The second-order valence-corrected chi connectivity index (χ2v) is 6.63. The van der Waals surface area contributed by atoms with Crippen molar-refractivity contribution < 1.29 is 9.47 Å². The number of methoxy groups -OCH3 is 1. The number of rotatable bonds is 8. The Balaban J connectivity index is 1.72. The lowest BCUT2D eigenvalue weighted by Gasteiger charge is -2.18. The highest BCUT2D eigenvalue weighted by Gasteiger charge is 2.17. The van der Waals surface area contributed by atoms with Crippen LogP contribution in [-0.4, -0.2) is 48.4 Å². The molecule has 1 aliphatic heterocycles. The fourth-order valence-corrected chi connectivity index (χ4v) is 3.00. The molecule has 0 saturated carbocycles. The summed E-state index contributed by atoms with van der Waals surface area (Å²) < 4.78 is 11.0. The summed E-state index contributed by atoms with van der Waals surface area (Å²) in [4.78, 5) is 11.3. The van der Waals surface area contributed by atoms with Crippen molar-refractivity contribution >= 4 is 29.1 Å². The zero-order valence-corrected chi connectivity index (χ0v) is 16.3. The number of anilines is 2. The maximum absolute atomic E-state index is 5.92. The van der Waals surface area contributed by atoms with Gasteiger partial charge in [-0.3, -0.25) is 0 Å². The highest BCUT2D eigenvalue weighted by Crippen LogP contribution is 2.26. The molecule has 0 unspecified atom stereocenters. The van der Waals surface area contributed by atoms with E-state index in [4.69, 9.17) is 21.7 Å². The third-order valence-corrected chi connectivity index (χ3v) is 4.37. The van der Waals surface area contributed by atoms with Crippen molar-refractivity contribution in [2.75, 3.05) is 43.6 Å². The Bertz CT molecular complexity index is 738. The van der Waals surface area contributed by atoms with Crippen LogP contribution >= 0.6 is 12.2 Å². The van der Waals surface area contributed by atoms with Gasteiger partial charge >= 0.3 is 0 Å². The van der Waals surface area contributed by atoms with E-state index in [1.54, 1.807) is 7.11 Å². The van der Waals surface area contributed by atoms with E-state index in [0.29, 0.717) is 23.5 Å². The molecule has 1 aromatic carbocycles. The van der Waals surface area contributed by atoms with Gasteiger partial charge in [-0.1, -0.05) is 18.2 Å². The lowest BCUT2D eigenvalue weighted by atomic mass is 10.3. The monoisotopic (exact) mass is 387 g/mol.